The Morgan fingerprint density at radius 2 is 2.00 bits per heavy atom. The number of likely N-dealkylation sites (N-methyl/N-ethyl adjacent to an activating group) is 2. The van der Waals surface area contributed by atoms with Crippen molar-refractivity contribution in [1.82, 2.24) is 19.9 Å². The Morgan fingerprint density at radius 3 is 2.76 bits per heavy atom. The molecule has 1 unspecified atom stereocenters. The third-order valence-electron chi connectivity index (χ3n) is 4.03. The molecule has 2 atom stereocenters. The van der Waals surface area contributed by atoms with Crippen LogP contribution >= 0.6 is 0 Å². The third kappa shape index (κ3) is 2.97. The minimum atomic E-state index is -0.376. The van der Waals surface area contributed by atoms with E-state index in [1.54, 1.807) is 0 Å². The Kier molecular flexibility index (Phi) is 4.01. The van der Waals surface area contributed by atoms with Crippen LogP contribution in [-0.2, 0) is 0 Å². The van der Waals surface area contributed by atoms with E-state index in [0.29, 0.717) is 11.7 Å². The lowest BCUT2D eigenvalue weighted by Crippen LogP contribution is -2.45. The molecule has 1 aliphatic heterocycles. The summed E-state index contributed by atoms with van der Waals surface area (Å²) in [6.07, 6.45) is 0. The summed E-state index contributed by atoms with van der Waals surface area (Å²) in [5.41, 5.74) is 7.17. The zero-order valence-corrected chi connectivity index (χ0v) is 12.4. The number of nitrogens with zero attached hydrogens (tertiary/aromatic N) is 4. The number of hydrogen-bond donors (Lipinski definition) is 1. The van der Waals surface area contributed by atoms with Gasteiger partial charge in [-0.25, -0.2) is 0 Å². The van der Waals surface area contributed by atoms with E-state index in [1.165, 1.54) is 0 Å². The Labute approximate surface area is 124 Å². The van der Waals surface area contributed by atoms with Crippen LogP contribution in [0.4, 0.5) is 0 Å². The van der Waals surface area contributed by atoms with Crippen molar-refractivity contribution in [3.8, 4) is 0 Å². The van der Waals surface area contributed by atoms with Gasteiger partial charge in [-0.15, -0.1) is 0 Å². The maximum atomic E-state index is 6.20. The maximum Gasteiger partial charge on any atom is 0.248 e. The molecule has 21 heavy (non-hydrogen) atoms. The van der Waals surface area contributed by atoms with Crippen LogP contribution in [0.5, 0.6) is 0 Å². The molecule has 1 aliphatic rings. The predicted octanol–water partition coefficient (Wildman–Crippen LogP) is 1.04. The van der Waals surface area contributed by atoms with Crippen LogP contribution in [0.2, 0.25) is 0 Å². The summed E-state index contributed by atoms with van der Waals surface area (Å²) in [6, 6.07) is 9.59. The topological polar surface area (TPSA) is 71.4 Å². The molecule has 0 radical (unpaired) electrons. The van der Waals surface area contributed by atoms with Crippen LogP contribution in [0.15, 0.2) is 34.9 Å². The van der Waals surface area contributed by atoms with Crippen LogP contribution < -0.4 is 5.73 Å². The van der Waals surface area contributed by atoms with Gasteiger partial charge in [-0.3, -0.25) is 4.90 Å². The molecule has 0 amide bonds. The minimum Gasteiger partial charge on any atom is -0.337 e. The number of piperazine rings is 1. The molecule has 2 aromatic rings. The van der Waals surface area contributed by atoms with Crippen molar-refractivity contribution in [3.63, 3.8) is 0 Å². The molecule has 1 aromatic carbocycles. The summed E-state index contributed by atoms with van der Waals surface area (Å²) in [5, 5.41) is 4.14. The van der Waals surface area contributed by atoms with Gasteiger partial charge >= 0.3 is 0 Å². The molecule has 0 bridgehead atoms. The Morgan fingerprint density at radius 1 is 1.24 bits per heavy atom. The zero-order valence-electron chi connectivity index (χ0n) is 12.4. The van der Waals surface area contributed by atoms with E-state index in [-0.39, 0.29) is 12.1 Å². The number of rotatable bonds is 3. The Balaban J connectivity index is 1.80. The fourth-order valence-electron chi connectivity index (χ4n) is 2.60. The highest BCUT2D eigenvalue weighted by molar-refractivity contribution is 5.23. The van der Waals surface area contributed by atoms with Gasteiger partial charge in [-0.2, -0.15) is 4.98 Å². The molecule has 6 heteroatoms. The number of nitrogens with two attached hydrogens (primary N) is 1. The Bertz CT molecular complexity index is 585. The lowest BCUT2D eigenvalue weighted by atomic mass is 10.1. The van der Waals surface area contributed by atoms with E-state index >= 15 is 0 Å². The van der Waals surface area contributed by atoms with Crippen LogP contribution in [0.1, 0.15) is 29.4 Å². The first-order valence-corrected chi connectivity index (χ1v) is 7.18. The van der Waals surface area contributed by atoms with Crippen LogP contribution in [0.25, 0.3) is 0 Å². The van der Waals surface area contributed by atoms with Crippen LogP contribution in [0.3, 0.4) is 0 Å². The van der Waals surface area contributed by atoms with E-state index in [0.717, 1.165) is 25.2 Å². The highest BCUT2D eigenvalue weighted by Crippen LogP contribution is 2.23. The average molecular weight is 287 g/mol. The molecule has 0 aliphatic carbocycles. The van der Waals surface area contributed by atoms with Crippen molar-refractivity contribution in [2.24, 2.45) is 5.73 Å². The second-order valence-electron chi connectivity index (χ2n) is 5.64. The molecule has 112 valence electrons. The normalized spacial score (nSPS) is 22.3. The third-order valence-corrected chi connectivity index (χ3v) is 4.03. The summed E-state index contributed by atoms with van der Waals surface area (Å²) in [4.78, 5) is 9.05. The molecular weight excluding hydrogens is 266 g/mol. The smallest absolute Gasteiger partial charge is 0.248 e. The summed E-state index contributed by atoms with van der Waals surface area (Å²) >= 11 is 0. The molecular formula is C15H21N5O. The number of hydrogen-bond acceptors (Lipinski definition) is 6. The molecule has 1 saturated heterocycles. The largest absolute Gasteiger partial charge is 0.337 e. The minimum absolute atomic E-state index is 0.157. The molecule has 0 saturated carbocycles. The highest BCUT2D eigenvalue weighted by Gasteiger charge is 2.29. The average Bonchev–Trinajstić information content (AvgIpc) is 2.99. The summed E-state index contributed by atoms with van der Waals surface area (Å²) < 4.78 is 5.39. The molecule has 0 spiro atoms. The molecule has 2 heterocycles. The fourth-order valence-corrected chi connectivity index (χ4v) is 2.60. The second kappa shape index (κ2) is 5.93. The van der Waals surface area contributed by atoms with Gasteiger partial charge in [-0.05, 0) is 19.7 Å². The number of benzene rings is 1. The van der Waals surface area contributed by atoms with E-state index in [1.807, 2.05) is 30.3 Å². The molecule has 6 nitrogen and oxygen atoms in total. The summed E-state index contributed by atoms with van der Waals surface area (Å²) in [5.74, 6) is 1.18. The standard InChI is InChI=1S/C15H21N5O/c1-19-8-9-20(2)12(10-19)14-17-15(21-18-14)13(16)11-6-4-3-5-7-11/h3-7,12-13H,8-10,16H2,1-2H3/t12?,13-/m1/s1. The predicted molar refractivity (Wildman–Crippen MR) is 79.6 cm³/mol. The van der Waals surface area contributed by atoms with Gasteiger partial charge in [-0.1, -0.05) is 35.5 Å². The van der Waals surface area contributed by atoms with E-state index < -0.39 is 0 Å². The summed E-state index contributed by atoms with van der Waals surface area (Å²) in [7, 11) is 4.20. The van der Waals surface area contributed by atoms with Gasteiger partial charge in [0.05, 0.1) is 6.04 Å². The molecule has 1 aromatic heterocycles. The quantitative estimate of drug-likeness (QED) is 0.909. The SMILES string of the molecule is CN1CCN(C)C(c2noc([C@H](N)c3ccccc3)n2)C1. The second-order valence-corrected chi connectivity index (χ2v) is 5.64. The number of aromatic nitrogens is 2. The van der Waals surface area contributed by atoms with Crippen molar-refractivity contribution in [1.29, 1.82) is 0 Å². The van der Waals surface area contributed by atoms with Gasteiger partial charge in [0.15, 0.2) is 5.82 Å². The fraction of sp³-hybridized carbons (Fsp3) is 0.467. The first kappa shape index (κ1) is 14.2. The molecule has 3 rings (SSSR count). The van der Waals surface area contributed by atoms with Gasteiger partial charge in [0.1, 0.15) is 6.04 Å². The van der Waals surface area contributed by atoms with Crippen LogP contribution in [0, 0.1) is 0 Å². The van der Waals surface area contributed by atoms with Crippen molar-refractivity contribution in [3.05, 3.63) is 47.6 Å². The first-order valence-electron chi connectivity index (χ1n) is 7.18. The molecule has 1 fully saturated rings. The van der Waals surface area contributed by atoms with E-state index in [2.05, 4.69) is 34.0 Å². The van der Waals surface area contributed by atoms with Gasteiger partial charge in [0, 0.05) is 19.6 Å². The van der Waals surface area contributed by atoms with Crippen molar-refractivity contribution in [2.75, 3.05) is 33.7 Å². The van der Waals surface area contributed by atoms with Gasteiger partial charge in [0.25, 0.3) is 0 Å². The van der Waals surface area contributed by atoms with E-state index in [4.69, 9.17) is 10.3 Å². The van der Waals surface area contributed by atoms with Crippen molar-refractivity contribution < 1.29 is 4.52 Å². The summed E-state index contributed by atoms with van der Waals surface area (Å²) in [6.45, 7) is 2.95. The lowest BCUT2D eigenvalue weighted by molar-refractivity contribution is 0.108. The Hall–Kier alpha value is -1.76. The van der Waals surface area contributed by atoms with Gasteiger partial charge in [0.2, 0.25) is 5.89 Å². The first-order chi connectivity index (χ1) is 10.1. The van der Waals surface area contributed by atoms with Gasteiger partial charge < -0.3 is 15.2 Å². The van der Waals surface area contributed by atoms with E-state index in [9.17, 15) is 0 Å². The highest BCUT2D eigenvalue weighted by atomic mass is 16.5. The van der Waals surface area contributed by atoms with Crippen LogP contribution in [-0.4, -0.2) is 53.7 Å². The molecule has 2 N–H and O–H groups in total. The zero-order chi connectivity index (χ0) is 14.8. The monoisotopic (exact) mass is 287 g/mol. The maximum absolute atomic E-state index is 6.20. The van der Waals surface area contributed by atoms with Crippen molar-refractivity contribution in [2.45, 2.75) is 12.1 Å². The lowest BCUT2D eigenvalue weighted by Gasteiger charge is -2.35. The van der Waals surface area contributed by atoms with Crippen molar-refractivity contribution >= 4 is 0 Å².